The Labute approximate surface area is 73.7 Å². The fraction of sp³-hybridized carbons (Fsp3) is 0.429. The summed E-state index contributed by atoms with van der Waals surface area (Å²) in [7, 11) is 0. The van der Waals surface area contributed by atoms with Gasteiger partial charge in [-0.15, -0.1) is 5.10 Å². The van der Waals surface area contributed by atoms with Gasteiger partial charge in [0.25, 0.3) is 0 Å². The Hall–Kier alpha value is -0.940. The summed E-state index contributed by atoms with van der Waals surface area (Å²) in [5.74, 6) is 0.626. The van der Waals surface area contributed by atoms with E-state index >= 15 is 0 Å². The Balaban J connectivity index is 2.14. The third-order valence-electron chi connectivity index (χ3n) is 1.65. The summed E-state index contributed by atoms with van der Waals surface area (Å²) in [6, 6.07) is 0. The van der Waals surface area contributed by atoms with Gasteiger partial charge in [0.05, 0.1) is 17.7 Å². The topological polar surface area (TPSA) is 55.2 Å². The van der Waals surface area contributed by atoms with Crippen LogP contribution in [0.4, 0.5) is 0 Å². The fourth-order valence-electron chi connectivity index (χ4n) is 1.06. The Morgan fingerprint density at radius 3 is 3.17 bits per heavy atom. The molecule has 12 heavy (non-hydrogen) atoms. The minimum absolute atomic E-state index is 0.626. The average Bonchev–Trinajstić information content (AvgIpc) is 2.77. The van der Waals surface area contributed by atoms with Crippen molar-refractivity contribution in [2.24, 2.45) is 0 Å². The van der Waals surface area contributed by atoms with Crippen LogP contribution in [0, 0.1) is 0 Å². The molecule has 1 aromatic rings. The second-order valence-electron chi connectivity index (χ2n) is 2.47. The number of aromatic nitrogens is 2. The highest BCUT2D eigenvalue weighted by Gasteiger charge is 2.19. The van der Waals surface area contributed by atoms with E-state index in [0.29, 0.717) is 12.4 Å². The molecule has 0 amide bonds. The molecule has 2 heterocycles. The van der Waals surface area contributed by atoms with Crippen molar-refractivity contribution in [3.8, 4) is 0 Å². The Morgan fingerprint density at radius 2 is 2.58 bits per heavy atom. The Bertz CT molecular complexity index is 284. The number of aliphatic hydroxyl groups is 1. The standard InChI is InChI=1S/C7H8N2O2S/c10-7(5-2-1-3-11-5)6-4-8-9-12-6/h2,4,7,10H,1,3H2. The summed E-state index contributed by atoms with van der Waals surface area (Å²) in [6.45, 7) is 0.665. The molecule has 2 rings (SSSR count). The smallest absolute Gasteiger partial charge is 0.148 e. The van der Waals surface area contributed by atoms with Crippen LogP contribution in [0.2, 0.25) is 0 Å². The number of hydrogen-bond donors (Lipinski definition) is 1. The molecule has 5 heteroatoms. The highest BCUT2D eigenvalue weighted by Crippen LogP contribution is 2.27. The van der Waals surface area contributed by atoms with Crippen LogP contribution in [0.3, 0.4) is 0 Å². The number of aliphatic hydroxyl groups excluding tert-OH is 1. The lowest BCUT2D eigenvalue weighted by Crippen LogP contribution is -1.99. The van der Waals surface area contributed by atoms with Crippen molar-refractivity contribution in [1.29, 1.82) is 0 Å². The molecular weight excluding hydrogens is 176 g/mol. The van der Waals surface area contributed by atoms with Crippen LogP contribution < -0.4 is 0 Å². The lowest BCUT2D eigenvalue weighted by Gasteiger charge is -2.08. The fourth-order valence-corrected chi connectivity index (χ4v) is 1.56. The van der Waals surface area contributed by atoms with E-state index in [9.17, 15) is 5.11 Å². The van der Waals surface area contributed by atoms with Crippen LogP contribution in [-0.4, -0.2) is 21.3 Å². The van der Waals surface area contributed by atoms with Crippen LogP contribution in [0.1, 0.15) is 17.4 Å². The molecule has 1 N–H and O–H groups in total. The average molecular weight is 184 g/mol. The summed E-state index contributed by atoms with van der Waals surface area (Å²) in [5, 5.41) is 13.3. The predicted molar refractivity (Wildman–Crippen MR) is 43.5 cm³/mol. The van der Waals surface area contributed by atoms with Gasteiger partial charge >= 0.3 is 0 Å². The van der Waals surface area contributed by atoms with Crippen molar-refractivity contribution < 1.29 is 9.84 Å². The van der Waals surface area contributed by atoms with Gasteiger partial charge in [0.15, 0.2) is 0 Å². The van der Waals surface area contributed by atoms with Gasteiger partial charge in [-0.3, -0.25) is 0 Å². The summed E-state index contributed by atoms with van der Waals surface area (Å²) < 4.78 is 8.86. The first-order valence-corrected chi connectivity index (χ1v) is 4.43. The van der Waals surface area contributed by atoms with Crippen LogP contribution in [0.5, 0.6) is 0 Å². The number of hydrogen-bond acceptors (Lipinski definition) is 5. The van der Waals surface area contributed by atoms with Crippen molar-refractivity contribution in [2.75, 3.05) is 6.61 Å². The van der Waals surface area contributed by atoms with Gasteiger partial charge in [0, 0.05) is 6.42 Å². The highest BCUT2D eigenvalue weighted by molar-refractivity contribution is 7.05. The monoisotopic (exact) mass is 184 g/mol. The Morgan fingerprint density at radius 1 is 1.67 bits per heavy atom. The van der Waals surface area contributed by atoms with Crippen molar-refractivity contribution in [1.82, 2.24) is 9.59 Å². The summed E-state index contributed by atoms with van der Waals surface area (Å²) in [5.41, 5.74) is 0. The molecule has 0 aliphatic carbocycles. The molecule has 1 aliphatic heterocycles. The molecule has 1 atom stereocenters. The summed E-state index contributed by atoms with van der Waals surface area (Å²) in [4.78, 5) is 0.725. The minimum Gasteiger partial charge on any atom is -0.495 e. The molecule has 0 saturated heterocycles. The zero-order valence-corrected chi connectivity index (χ0v) is 7.12. The summed E-state index contributed by atoms with van der Waals surface area (Å²) >= 11 is 1.19. The zero-order valence-electron chi connectivity index (χ0n) is 6.30. The van der Waals surface area contributed by atoms with E-state index in [1.807, 2.05) is 6.08 Å². The van der Waals surface area contributed by atoms with Gasteiger partial charge in [0.2, 0.25) is 0 Å². The second kappa shape index (κ2) is 3.20. The van der Waals surface area contributed by atoms with Gasteiger partial charge in [-0.25, -0.2) is 0 Å². The molecule has 0 spiro atoms. The van der Waals surface area contributed by atoms with Gasteiger partial charge in [0.1, 0.15) is 11.9 Å². The molecule has 64 valence electrons. The molecule has 0 fully saturated rings. The van der Waals surface area contributed by atoms with Gasteiger partial charge in [-0.1, -0.05) is 4.49 Å². The lowest BCUT2D eigenvalue weighted by molar-refractivity contribution is 0.121. The number of nitrogens with zero attached hydrogens (tertiary/aromatic N) is 2. The van der Waals surface area contributed by atoms with Gasteiger partial charge in [-0.05, 0) is 17.6 Å². The number of ether oxygens (including phenoxy) is 1. The Kier molecular flexibility index (Phi) is 2.05. The maximum absolute atomic E-state index is 9.65. The first-order chi connectivity index (χ1) is 5.88. The lowest BCUT2D eigenvalue weighted by atomic mass is 10.2. The zero-order chi connectivity index (χ0) is 8.39. The van der Waals surface area contributed by atoms with Crippen LogP contribution in [0.15, 0.2) is 18.0 Å². The maximum Gasteiger partial charge on any atom is 0.148 e. The van der Waals surface area contributed by atoms with E-state index < -0.39 is 6.10 Å². The van der Waals surface area contributed by atoms with Crippen molar-refractivity contribution >= 4 is 11.5 Å². The maximum atomic E-state index is 9.65. The predicted octanol–water partition coefficient (Wildman–Crippen LogP) is 0.876. The minimum atomic E-state index is -0.674. The molecule has 0 aromatic carbocycles. The van der Waals surface area contributed by atoms with E-state index in [1.165, 1.54) is 11.5 Å². The van der Waals surface area contributed by atoms with Crippen molar-refractivity contribution in [3.05, 3.63) is 22.9 Å². The van der Waals surface area contributed by atoms with E-state index in [2.05, 4.69) is 9.59 Å². The molecule has 4 nitrogen and oxygen atoms in total. The summed E-state index contributed by atoms with van der Waals surface area (Å²) in [6.07, 6.45) is 3.65. The number of rotatable bonds is 2. The third kappa shape index (κ3) is 1.33. The largest absolute Gasteiger partial charge is 0.495 e. The van der Waals surface area contributed by atoms with E-state index in [-0.39, 0.29) is 0 Å². The molecule has 0 saturated carbocycles. The van der Waals surface area contributed by atoms with Gasteiger partial charge in [-0.2, -0.15) is 0 Å². The first kappa shape index (κ1) is 7.70. The first-order valence-electron chi connectivity index (χ1n) is 3.66. The van der Waals surface area contributed by atoms with Crippen LogP contribution in [0.25, 0.3) is 0 Å². The molecule has 1 aliphatic rings. The highest BCUT2D eigenvalue weighted by atomic mass is 32.1. The van der Waals surface area contributed by atoms with Gasteiger partial charge < -0.3 is 9.84 Å². The van der Waals surface area contributed by atoms with E-state index in [4.69, 9.17) is 4.74 Å². The van der Waals surface area contributed by atoms with Crippen LogP contribution >= 0.6 is 11.5 Å². The van der Waals surface area contributed by atoms with Crippen LogP contribution in [-0.2, 0) is 4.74 Å². The second-order valence-corrected chi connectivity index (χ2v) is 3.28. The molecule has 1 unspecified atom stereocenters. The molecule has 0 radical (unpaired) electrons. The van der Waals surface area contributed by atoms with Crippen molar-refractivity contribution in [2.45, 2.75) is 12.5 Å². The normalized spacial score (nSPS) is 18.6. The molecule has 1 aromatic heterocycles. The quantitative estimate of drug-likeness (QED) is 0.741. The van der Waals surface area contributed by atoms with E-state index in [1.54, 1.807) is 6.20 Å². The molecule has 0 bridgehead atoms. The molecular formula is C7H8N2O2S. The van der Waals surface area contributed by atoms with E-state index in [0.717, 1.165) is 11.3 Å². The third-order valence-corrected chi connectivity index (χ3v) is 2.36. The van der Waals surface area contributed by atoms with Crippen molar-refractivity contribution in [3.63, 3.8) is 0 Å². The SMILES string of the molecule is OC(C1=CCCO1)c1cnns1.